The number of primary amides is 1. The molecule has 0 atom stereocenters. The first-order valence-corrected chi connectivity index (χ1v) is 14.8. The molecule has 3 amide bonds. The Hall–Kier alpha value is -4.31. The fourth-order valence-electron chi connectivity index (χ4n) is 5.05. The van der Waals surface area contributed by atoms with Gasteiger partial charge in [-0.25, -0.2) is 9.97 Å². The Balaban J connectivity index is 1.45. The minimum atomic E-state index is -0.741. The number of hydrogen-bond donors (Lipinski definition) is 3. The number of rotatable bonds is 16. The highest BCUT2D eigenvalue weighted by Gasteiger charge is 2.35. The van der Waals surface area contributed by atoms with Crippen molar-refractivity contribution < 1.29 is 19.1 Å². The monoisotopic (exact) mass is 572 g/mol. The summed E-state index contributed by atoms with van der Waals surface area (Å²) in [6.45, 7) is 3.78. The molecule has 42 heavy (non-hydrogen) atoms. The summed E-state index contributed by atoms with van der Waals surface area (Å²) < 4.78 is 5.51. The molecule has 10 heteroatoms. The second kappa shape index (κ2) is 15.1. The number of nitrogens with one attached hydrogen (secondary N) is 1. The van der Waals surface area contributed by atoms with E-state index in [4.69, 9.17) is 16.2 Å². The van der Waals surface area contributed by atoms with E-state index in [-0.39, 0.29) is 35.6 Å². The lowest BCUT2D eigenvalue weighted by Gasteiger charge is -2.18. The minimum absolute atomic E-state index is 0.00388. The smallest absolute Gasteiger partial charge is 0.267 e. The maximum atomic E-state index is 13.2. The maximum Gasteiger partial charge on any atom is 0.267 e. The number of nitrogens with zero attached hydrogens (tertiary/aromatic N) is 3. The zero-order chi connectivity index (χ0) is 29.9. The molecular weight excluding hydrogens is 532 g/mol. The van der Waals surface area contributed by atoms with Crippen LogP contribution in [0.25, 0.3) is 11.4 Å². The van der Waals surface area contributed by atoms with Crippen LogP contribution in [0.1, 0.15) is 84.7 Å². The molecule has 5 N–H and O–H groups in total. The van der Waals surface area contributed by atoms with Gasteiger partial charge in [0.25, 0.3) is 11.8 Å². The number of hydrogen-bond acceptors (Lipinski definition) is 7. The summed E-state index contributed by atoms with van der Waals surface area (Å²) in [5, 5.41) is 2.98. The van der Waals surface area contributed by atoms with Crippen molar-refractivity contribution in [1.82, 2.24) is 15.3 Å². The van der Waals surface area contributed by atoms with Crippen LogP contribution in [0, 0.1) is 0 Å². The van der Waals surface area contributed by atoms with Gasteiger partial charge in [0.2, 0.25) is 5.91 Å². The quantitative estimate of drug-likeness (QED) is 0.211. The molecule has 2 heterocycles. The molecule has 0 bridgehead atoms. The van der Waals surface area contributed by atoms with Gasteiger partial charge in [-0.15, -0.1) is 0 Å². The van der Waals surface area contributed by atoms with E-state index in [1.165, 1.54) is 30.6 Å². The van der Waals surface area contributed by atoms with Gasteiger partial charge in [-0.05, 0) is 68.8 Å². The molecule has 1 aliphatic rings. The Morgan fingerprint density at radius 2 is 1.64 bits per heavy atom. The zero-order valence-electron chi connectivity index (χ0n) is 24.2. The molecule has 222 valence electrons. The van der Waals surface area contributed by atoms with Crippen molar-refractivity contribution >= 4 is 29.2 Å². The van der Waals surface area contributed by atoms with Gasteiger partial charge >= 0.3 is 0 Å². The van der Waals surface area contributed by atoms with Crippen LogP contribution < -0.4 is 26.4 Å². The Kier molecular flexibility index (Phi) is 11.0. The number of aromatic nitrogens is 2. The van der Waals surface area contributed by atoms with Gasteiger partial charge in [0.15, 0.2) is 5.82 Å². The number of fused-ring (bicyclic) bond motifs is 1. The van der Waals surface area contributed by atoms with E-state index in [9.17, 15) is 14.4 Å². The van der Waals surface area contributed by atoms with E-state index in [2.05, 4.69) is 15.3 Å². The van der Waals surface area contributed by atoms with E-state index in [0.717, 1.165) is 32.2 Å². The van der Waals surface area contributed by atoms with Gasteiger partial charge in [-0.1, -0.05) is 44.6 Å². The Morgan fingerprint density at radius 3 is 2.31 bits per heavy atom. The number of nitrogens with two attached hydrogens (primary N) is 2. The van der Waals surface area contributed by atoms with Gasteiger partial charge in [0.05, 0.1) is 18.7 Å². The maximum absolute atomic E-state index is 13.2. The summed E-state index contributed by atoms with van der Waals surface area (Å²) in [5.41, 5.74) is 13.1. The first-order chi connectivity index (χ1) is 20.4. The molecular formula is C32H40N6O4. The summed E-state index contributed by atoms with van der Waals surface area (Å²) in [4.78, 5) is 48.9. The molecule has 0 saturated heterocycles. The van der Waals surface area contributed by atoms with Gasteiger partial charge in [-0.3, -0.25) is 19.3 Å². The molecule has 10 nitrogen and oxygen atoms in total. The Labute approximate surface area is 246 Å². The topological polar surface area (TPSA) is 154 Å². The molecule has 0 spiro atoms. The van der Waals surface area contributed by atoms with Crippen LogP contribution in [-0.4, -0.2) is 47.4 Å². The van der Waals surface area contributed by atoms with Crippen LogP contribution in [0.15, 0.2) is 48.5 Å². The van der Waals surface area contributed by atoms with Crippen LogP contribution in [0.3, 0.4) is 0 Å². The number of anilines is 2. The molecule has 0 radical (unpaired) electrons. The van der Waals surface area contributed by atoms with E-state index in [1.54, 1.807) is 48.5 Å². The lowest BCUT2D eigenvalue weighted by Crippen LogP contribution is -2.25. The van der Waals surface area contributed by atoms with Crippen molar-refractivity contribution in [3.05, 3.63) is 65.4 Å². The van der Waals surface area contributed by atoms with Gasteiger partial charge in [0.1, 0.15) is 17.3 Å². The number of amides is 3. The van der Waals surface area contributed by atoms with Crippen LogP contribution in [0.4, 0.5) is 11.5 Å². The number of unbranched alkanes of at least 4 members (excludes halogenated alkanes) is 7. The summed E-state index contributed by atoms with van der Waals surface area (Å²) in [6.07, 6.45) is 9.01. The first kappa shape index (κ1) is 30.6. The predicted octanol–water partition coefficient (Wildman–Crippen LogP) is 4.67. The van der Waals surface area contributed by atoms with Crippen molar-refractivity contribution in [3.63, 3.8) is 0 Å². The molecule has 3 aromatic rings. The average Bonchev–Trinajstić information content (AvgIpc) is 3.33. The number of ether oxygens (including phenoxy) is 1. The summed E-state index contributed by atoms with van der Waals surface area (Å²) in [6, 6.07) is 14.0. The van der Waals surface area contributed by atoms with E-state index < -0.39 is 5.91 Å². The highest BCUT2D eigenvalue weighted by Crippen LogP contribution is 2.37. The molecule has 0 unspecified atom stereocenters. The Bertz CT molecular complexity index is 1390. The first-order valence-electron chi connectivity index (χ1n) is 14.8. The number of benzene rings is 2. The lowest BCUT2D eigenvalue weighted by atomic mass is 10.1. The minimum Gasteiger partial charge on any atom is -0.494 e. The highest BCUT2D eigenvalue weighted by atomic mass is 16.5. The highest BCUT2D eigenvalue weighted by molar-refractivity contribution is 6.10. The third kappa shape index (κ3) is 7.70. The van der Waals surface area contributed by atoms with Gasteiger partial charge in [-0.2, -0.15) is 0 Å². The molecule has 1 aliphatic heterocycles. The van der Waals surface area contributed by atoms with Crippen molar-refractivity contribution in [2.75, 3.05) is 24.6 Å². The lowest BCUT2D eigenvalue weighted by molar-refractivity contribution is -0.116. The van der Waals surface area contributed by atoms with E-state index in [1.807, 2.05) is 6.92 Å². The largest absolute Gasteiger partial charge is 0.494 e. The van der Waals surface area contributed by atoms with Crippen molar-refractivity contribution in [1.29, 1.82) is 0 Å². The second-order valence-corrected chi connectivity index (χ2v) is 10.3. The molecule has 0 saturated carbocycles. The predicted molar refractivity (Wildman–Crippen MR) is 163 cm³/mol. The fraction of sp³-hybridized carbons (Fsp3) is 0.406. The van der Waals surface area contributed by atoms with Gasteiger partial charge in [0, 0.05) is 23.2 Å². The van der Waals surface area contributed by atoms with Crippen LogP contribution in [-0.2, 0) is 11.2 Å². The normalized spacial score (nSPS) is 12.3. The van der Waals surface area contributed by atoms with Crippen LogP contribution in [0.5, 0.6) is 5.75 Å². The second-order valence-electron chi connectivity index (χ2n) is 10.3. The third-order valence-corrected chi connectivity index (χ3v) is 7.21. The zero-order valence-corrected chi connectivity index (χ0v) is 24.2. The fourth-order valence-corrected chi connectivity index (χ4v) is 5.05. The SMILES string of the molecule is CCOc1ccc(-c2nc(C(N)=O)c3c(n2)N(c2cccc(C(=O)NCCCCCCCCCCN)c2)C(=O)C3)cc1. The summed E-state index contributed by atoms with van der Waals surface area (Å²) >= 11 is 0. The van der Waals surface area contributed by atoms with Gasteiger partial charge < -0.3 is 21.5 Å². The van der Waals surface area contributed by atoms with Crippen molar-refractivity contribution in [3.8, 4) is 17.1 Å². The third-order valence-electron chi connectivity index (χ3n) is 7.21. The molecule has 0 fully saturated rings. The van der Waals surface area contributed by atoms with E-state index in [0.29, 0.717) is 41.3 Å². The van der Waals surface area contributed by atoms with Crippen LogP contribution in [0.2, 0.25) is 0 Å². The molecule has 1 aromatic heterocycles. The molecule has 0 aliphatic carbocycles. The summed E-state index contributed by atoms with van der Waals surface area (Å²) in [5.74, 6) is 0.00374. The number of carbonyl (C=O) groups excluding carboxylic acids is 3. The van der Waals surface area contributed by atoms with Crippen molar-refractivity contribution in [2.24, 2.45) is 11.5 Å². The Morgan fingerprint density at radius 1 is 0.952 bits per heavy atom. The summed E-state index contributed by atoms with van der Waals surface area (Å²) in [7, 11) is 0. The van der Waals surface area contributed by atoms with E-state index >= 15 is 0 Å². The number of carbonyl (C=O) groups is 3. The standard InChI is InChI=1S/C32H40N6O4/c1-2-42-25-16-14-22(15-17-25)30-36-28(29(34)40)26-21-27(39)38(31(26)37-30)24-13-11-12-23(20-24)32(41)35-19-10-8-6-4-3-5-7-9-18-33/h11-17,20H,2-10,18-19,21,33H2,1H3,(H2,34,40)(H,35,41). The van der Waals surface area contributed by atoms with Crippen LogP contribution >= 0.6 is 0 Å². The average molecular weight is 573 g/mol. The molecule has 4 rings (SSSR count). The molecule has 2 aromatic carbocycles. The van der Waals surface area contributed by atoms with Crippen molar-refractivity contribution in [2.45, 2.75) is 64.7 Å².